The number of anilines is 1. The topological polar surface area (TPSA) is 75.9 Å². The van der Waals surface area contributed by atoms with Crippen LogP contribution < -0.4 is 10.2 Å². The molecule has 0 bridgehead atoms. The third-order valence-electron chi connectivity index (χ3n) is 5.91. The van der Waals surface area contributed by atoms with Crippen molar-refractivity contribution < 1.29 is 4.79 Å². The van der Waals surface area contributed by atoms with Gasteiger partial charge in [0.05, 0.1) is 18.1 Å². The average molecular weight is 371 g/mol. The predicted octanol–water partition coefficient (Wildman–Crippen LogP) is 2.90. The summed E-state index contributed by atoms with van der Waals surface area (Å²) in [6.07, 6.45) is 14.2. The first-order chi connectivity index (χ1) is 13.3. The van der Waals surface area contributed by atoms with Crippen LogP contribution in [-0.2, 0) is 11.3 Å². The standard InChI is InChI=1S/C20H30N6O/c27-18(13-16-7-3-4-8-16)21-9-12-26-20-17(14-24-26)19(22-15-23-20)25-10-5-1-2-6-11-25/h14-16H,1-13H2,(H,21,27). The van der Waals surface area contributed by atoms with Crippen molar-refractivity contribution in [1.29, 1.82) is 0 Å². The Hall–Kier alpha value is -2.18. The smallest absolute Gasteiger partial charge is 0.220 e. The molecule has 27 heavy (non-hydrogen) atoms. The van der Waals surface area contributed by atoms with Crippen LogP contribution in [0.1, 0.15) is 57.8 Å². The van der Waals surface area contributed by atoms with Crippen molar-refractivity contribution in [3.63, 3.8) is 0 Å². The lowest BCUT2D eigenvalue weighted by molar-refractivity contribution is -0.122. The largest absolute Gasteiger partial charge is 0.356 e. The van der Waals surface area contributed by atoms with E-state index in [0.717, 1.165) is 29.9 Å². The third-order valence-corrected chi connectivity index (χ3v) is 5.91. The van der Waals surface area contributed by atoms with Gasteiger partial charge in [-0.25, -0.2) is 14.6 Å². The number of carbonyl (C=O) groups excluding carboxylic acids is 1. The zero-order valence-corrected chi connectivity index (χ0v) is 16.1. The number of amides is 1. The van der Waals surface area contributed by atoms with Crippen LogP contribution in [0.5, 0.6) is 0 Å². The highest BCUT2D eigenvalue weighted by atomic mass is 16.1. The molecule has 0 aromatic carbocycles. The van der Waals surface area contributed by atoms with Gasteiger partial charge in [0.1, 0.15) is 12.1 Å². The maximum absolute atomic E-state index is 12.1. The monoisotopic (exact) mass is 370 g/mol. The number of hydrogen-bond donors (Lipinski definition) is 1. The first-order valence-electron chi connectivity index (χ1n) is 10.5. The maximum Gasteiger partial charge on any atom is 0.220 e. The molecule has 7 nitrogen and oxygen atoms in total. The molecule has 1 aliphatic heterocycles. The van der Waals surface area contributed by atoms with E-state index in [1.165, 1.54) is 51.4 Å². The van der Waals surface area contributed by atoms with E-state index in [-0.39, 0.29) is 5.91 Å². The van der Waals surface area contributed by atoms with Gasteiger partial charge in [0.25, 0.3) is 0 Å². The summed E-state index contributed by atoms with van der Waals surface area (Å²) in [6.45, 7) is 3.32. The van der Waals surface area contributed by atoms with E-state index in [9.17, 15) is 4.79 Å². The first kappa shape index (κ1) is 18.2. The zero-order chi connectivity index (χ0) is 18.5. The first-order valence-corrected chi connectivity index (χ1v) is 10.5. The second kappa shape index (κ2) is 8.67. The van der Waals surface area contributed by atoms with Gasteiger partial charge in [-0.05, 0) is 31.6 Å². The summed E-state index contributed by atoms with van der Waals surface area (Å²) in [6, 6.07) is 0. The Morgan fingerprint density at radius 2 is 1.85 bits per heavy atom. The number of carbonyl (C=O) groups is 1. The van der Waals surface area contributed by atoms with Gasteiger partial charge in [-0.3, -0.25) is 4.79 Å². The molecule has 0 atom stereocenters. The van der Waals surface area contributed by atoms with Crippen LogP contribution in [0.2, 0.25) is 0 Å². The SMILES string of the molecule is O=C(CC1CCCC1)NCCn1ncc2c(N3CCCCCC3)ncnc21. The summed E-state index contributed by atoms with van der Waals surface area (Å²) < 4.78 is 1.88. The fraction of sp³-hybridized carbons (Fsp3) is 0.700. The Morgan fingerprint density at radius 3 is 2.63 bits per heavy atom. The van der Waals surface area contributed by atoms with E-state index in [2.05, 4.69) is 25.3 Å². The zero-order valence-electron chi connectivity index (χ0n) is 16.1. The molecule has 2 aromatic heterocycles. The number of aromatic nitrogens is 4. The number of nitrogens with one attached hydrogen (secondary N) is 1. The molecule has 2 aliphatic rings. The summed E-state index contributed by atoms with van der Waals surface area (Å²) in [5.74, 6) is 1.75. The van der Waals surface area contributed by atoms with Gasteiger partial charge in [0, 0.05) is 26.1 Å². The molecular formula is C20H30N6O. The van der Waals surface area contributed by atoms with Crippen LogP contribution in [0.4, 0.5) is 5.82 Å². The van der Waals surface area contributed by atoms with Gasteiger partial charge in [-0.1, -0.05) is 25.7 Å². The summed E-state index contributed by atoms with van der Waals surface area (Å²) in [5.41, 5.74) is 0.856. The van der Waals surface area contributed by atoms with Crippen LogP contribution in [0.3, 0.4) is 0 Å². The van der Waals surface area contributed by atoms with Crippen LogP contribution in [0, 0.1) is 5.92 Å². The second-order valence-electron chi connectivity index (χ2n) is 7.91. The molecule has 146 valence electrons. The Kier molecular flexibility index (Phi) is 5.84. The summed E-state index contributed by atoms with van der Waals surface area (Å²) in [4.78, 5) is 23.5. The summed E-state index contributed by atoms with van der Waals surface area (Å²) in [5, 5.41) is 8.57. The van der Waals surface area contributed by atoms with Gasteiger partial charge in [0.2, 0.25) is 5.91 Å². The third kappa shape index (κ3) is 4.39. The minimum atomic E-state index is 0.165. The highest BCUT2D eigenvalue weighted by molar-refractivity contribution is 5.86. The number of hydrogen-bond acceptors (Lipinski definition) is 5. The summed E-state index contributed by atoms with van der Waals surface area (Å²) >= 11 is 0. The molecule has 0 radical (unpaired) electrons. The van der Waals surface area contributed by atoms with E-state index in [1.807, 2.05) is 10.9 Å². The summed E-state index contributed by atoms with van der Waals surface area (Å²) in [7, 11) is 0. The van der Waals surface area contributed by atoms with E-state index in [4.69, 9.17) is 0 Å². The van der Waals surface area contributed by atoms with Crippen LogP contribution in [0.25, 0.3) is 11.0 Å². The number of fused-ring (bicyclic) bond motifs is 1. The molecule has 4 rings (SSSR count). The highest BCUT2D eigenvalue weighted by Crippen LogP contribution is 2.27. The van der Waals surface area contributed by atoms with Crippen LogP contribution in [0.15, 0.2) is 12.5 Å². The van der Waals surface area contributed by atoms with Gasteiger partial charge in [0.15, 0.2) is 5.65 Å². The predicted molar refractivity (Wildman–Crippen MR) is 106 cm³/mol. The van der Waals surface area contributed by atoms with Crippen molar-refractivity contribution in [2.75, 3.05) is 24.5 Å². The van der Waals surface area contributed by atoms with E-state index in [0.29, 0.717) is 25.4 Å². The lowest BCUT2D eigenvalue weighted by atomic mass is 10.0. The molecule has 1 N–H and O–H groups in total. The Labute approximate surface area is 160 Å². The fourth-order valence-electron chi connectivity index (χ4n) is 4.43. The van der Waals surface area contributed by atoms with Crippen molar-refractivity contribution in [3.8, 4) is 0 Å². The van der Waals surface area contributed by atoms with Crippen molar-refractivity contribution in [3.05, 3.63) is 12.5 Å². The Morgan fingerprint density at radius 1 is 1.07 bits per heavy atom. The van der Waals surface area contributed by atoms with Crippen LogP contribution >= 0.6 is 0 Å². The van der Waals surface area contributed by atoms with Crippen molar-refractivity contribution in [1.82, 2.24) is 25.1 Å². The van der Waals surface area contributed by atoms with E-state index in [1.54, 1.807) is 6.33 Å². The van der Waals surface area contributed by atoms with Crippen LogP contribution in [-0.4, -0.2) is 45.3 Å². The minimum absolute atomic E-state index is 0.165. The fourth-order valence-corrected chi connectivity index (χ4v) is 4.43. The lowest BCUT2D eigenvalue weighted by Gasteiger charge is -2.21. The van der Waals surface area contributed by atoms with Crippen molar-refractivity contribution in [2.45, 2.75) is 64.3 Å². The molecule has 7 heteroatoms. The maximum atomic E-state index is 12.1. The molecule has 1 aliphatic carbocycles. The highest BCUT2D eigenvalue weighted by Gasteiger charge is 2.19. The molecular weight excluding hydrogens is 340 g/mol. The molecule has 0 unspecified atom stereocenters. The number of rotatable bonds is 6. The molecule has 1 saturated carbocycles. The van der Waals surface area contributed by atoms with Gasteiger partial charge < -0.3 is 10.2 Å². The van der Waals surface area contributed by atoms with Gasteiger partial charge >= 0.3 is 0 Å². The molecule has 2 aromatic rings. The second-order valence-corrected chi connectivity index (χ2v) is 7.91. The van der Waals surface area contributed by atoms with Crippen molar-refractivity contribution >= 4 is 22.8 Å². The molecule has 2 fully saturated rings. The molecule has 1 amide bonds. The van der Waals surface area contributed by atoms with Gasteiger partial charge in [-0.15, -0.1) is 0 Å². The minimum Gasteiger partial charge on any atom is -0.356 e. The molecule has 3 heterocycles. The van der Waals surface area contributed by atoms with Crippen molar-refractivity contribution in [2.24, 2.45) is 5.92 Å². The average Bonchev–Trinajstić information content (AvgIpc) is 3.24. The molecule has 1 saturated heterocycles. The lowest BCUT2D eigenvalue weighted by Crippen LogP contribution is -2.28. The van der Waals surface area contributed by atoms with E-state index >= 15 is 0 Å². The molecule has 0 spiro atoms. The Balaban J connectivity index is 1.38. The Bertz CT molecular complexity index is 759. The quantitative estimate of drug-likeness (QED) is 0.846. The normalized spacial score (nSPS) is 18.7. The number of nitrogens with zero attached hydrogens (tertiary/aromatic N) is 5. The van der Waals surface area contributed by atoms with Gasteiger partial charge in [-0.2, -0.15) is 5.10 Å². The van der Waals surface area contributed by atoms with E-state index < -0.39 is 0 Å².